The van der Waals surface area contributed by atoms with E-state index < -0.39 is 0 Å². The van der Waals surface area contributed by atoms with E-state index in [9.17, 15) is 0 Å². The maximum Gasteiger partial charge on any atom is 0.105 e. The van der Waals surface area contributed by atoms with Crippen molar-refractivity contribution in [3.8, 4) is 0 Å². The van der Waals surface area contributed by atoms with Gasteiger partial charge in [0.25, 0.3) is 0 Å². The van der Waals surface area contributed by atoms with E-state index in [0.29, 0.717) is 12.6 Å². The maximum absolute atomic E-state index is 5.34. The van der Waals surface area contributed by atoms with Crippen LogP contribution in [0.5, 0.6) is 0 Å². The zero-order valence-corrected chi connectivity index (χ0v) is 11.6. The molecular formula is C16H21NO2. The molecule has 0 bridgehead atoms. The van der Waals surface area contributed by atoms with Crippen LogP contribution in [0.2, 0.25) is 0 Å². The zero-order valence-electron chi connectivity index (χ0n) is 11.6. The number of nitrogens with one attached hydrogen (secondary N) is 1. The lowest BCUT2D eigenvalue weighted by Crippen LogP contribution is -2.27. The van der Waals surface area contributed by atoms with Crippen LogP contribution >= 0.6 is 0 Å². The Bertz CT molecular complexity index is 462. The van der Waals surface area contributed by atoms with E-state index in [2.05, 4.69) is 36.5 Å². The highest BCUT2D eigenvalue weighted by molar-refractivity contribution is 5.22. The Labute approximate surface area is 114 Å². The van der Waals surface area contributed by atoms with Gasteiger partial charge < -0.3 is 14.5 Å². The Kier molecular flexibility index (Phi) is 5.19. The second-order valence-corrected chi connectivity index (χ2v) is 4.81. The average molecular weight is 259 g/mol. The van der Waals surface area contributed by atoms with Crippen molar-refractivity contribution in [2.75, 3.05) is 7.11 Å². The molecular weight excluding hydrogens is 238 g/mol. The predicted octanol–water partition coefficient (Wildman–Crippen LogP) is 3.15. The fourth-order valence-corrected chi connectivity index (χ4v) is 2.01. The Morgan fingerprint density at radius 2 is 1.89 bits per heavy atom. The molecule has 0 saturated heterocycles. The molecule has 3 nitrogen and oxygen atoms in total. The molecule has 2 rings (SSSR count). The summed E-state index contributed by atoms with van der Waals surface area (Å²) in [6.45, 7) is 3.71. The first-order chi connectivity index (χ1) is 9.28. The molecule has 0 spiro atoms. The van der Waals surface area contributed by atoms with Crippen molar-refractivity contribution in [3.63, 3.8) is 0 Å². The van der Waals surface area contributed by atoms with Gasteiger partial charge in [-0.2, -0.15) is 0 Å². The number of furan rings is 1. The third-order valence-electron chi connectivity index (χ3n) is 3.08. The molecule has 1 atom stereocenters. The number of hydrogen-bond donors (Lipinski definition) is 1. The number of ether oxygens (including phenoxy) is 1. The van der Waals surface area contributed by atoms with Gasteiger partial charge in [0, 0.05) is 26.1 Å². The molecule has 0 fully saturated rings. The quantitative estimate of drug-likeness (QED) is 0.829. The normalized spacial score (nSPS) is 12.5. The summed E-state index contributed by atoms with van der Waals surface area (Å²) in [4.78, 5) is 0. The molecule has 2 aromatic rings. The number of methoxy groups -OCH3 is 1. The van der Waals surface area contributed by atoms with Gasteiger partial charge in [0.15, 0.2) is 0 Å². The van der Waals surface area contributed by atoms with E-state index in [-0.39, 0.29) is 0 Å². The van der Waals surface area contributed by atoms with Gasteiger partial charge in [0.2, 0.25) is 0 Å². The Balaban J connectivity index is 1.78. The molecule has 19 heavy (non-hydrogen) atoms. The van der Waals surface area contributed by atoms with E-state index in [1.54, 1.807) is 13.4 Å². The first-order valence-corrected chi connectivity index (χ1v) is 6.60. The Morgan fingerprint density at radius 1 is 1.16 bits per heavy atom. The molecule has 1 aromatic carbocycles. The summed E-state index contributed by atoms with van der Waals surface area (Å²) in [6.07, 6.45) is 2.63. The zero-order chi connectivity index (χ0) is 13.5. The minimum atomic E-state index is 0.393. The Morgan fingerprint density at radius 3 is 2.53 bits per heavy atom. The van der Waals surface area contributed by atoms with Crippen molar-refractivity contribution in [3.05, 3.63) is 59.5 Å². The van der Waals surface area contributed by atoms with Gasteiger partial charge in [-0.15, -0.1) is 0 Å². The molecule has 1 unspecified atom stereocenters. The highest BCUT2D eigenvalue weighted by atomic mass is 16.5. The smallest absolute Gasteiger partial charge is 0.105 e. The average Bonchev–Trinajstić information content (AvgIpc) is 2.91. The molecule has 0 aliphatic rings. The molecule has 0 saturated carbocycles. The molecule has 0 aliphatic carbocycles. The van der Waals surface area contributed by atoms with Crippen LogP contribution in [0, 0.1) is 0 Å². The molecule has 102 valence electrons. The van der Waals surface area contributed by atoms with Crippen LogP contribution in [-0.2, 0) is 24.3 Å². The van der Waals surface area contributed by atoms with Gasteiger partial charge in [-0.1, -0.05) is 24.3 Å². The second-order valence-electron chi connectivity index (χ2n) is 4.81. The lowest BCUT2D eigenvalue weighted by Gasteiger charge is -2.12. The van der Waals surface area contributed by atoms with E-state index in [1.165, 1.54) is 11.1 Å². The standard InChI is InChI=1S/C16H21NO2/c1-13(10-16-4-3-9-19-16)17-11-14-5-7-15(8-6-14)12-18-2/h3-9,13,17H,10-12H2,1-2H3. The summed E-state index contributed by atoms with van der Waals surface area (Å²) in [5.41, 5.74) is 2.49. The largest absolute Gasteiger partial charge is 0.469 e. The van der Waals surface area contributed by atoms with Crippen molar-refractivity contribution in [2.24, 2.45) is 0 Å². The van der Waals surface area contributed by atoms with Crippen LogP contribution in [0.25, 0.3) is 0 Å². The van der Waals surface area contributed by atoms with Crippen molar-refractivity contribution >= 4 is 0 Å². The third kappa shape index (κ3) is 4.54. The molecule has 3 heteroatoms. The monoisotopic (exact) mass is 259 g/mol. The van der Waals surface area contributed by atoms with E-state index in [4.69, 9.17) is 9.15 Å². The van der Waals surface area contributed by atoms with Crippen molar-refractivity contribution < 1.29 is 9.15 Å². The minimum absolute atomic E-state index is 0.393. The van der Waals surface area contributed by atoms with Crippen LogP contribution in [0.1, 0.15) is 23.8 Å². The van der Waals surface area contributed by atoms with Crippen LogP contribution < -0.4 is 5.32 Å². The summed E-state index contributed by atoms with van der Waals surface area (Å²) in [5.74, 6) is 1.02. The van der Waals surface area contributed by atoms with Crippen molar-refractivity contribution in [2.45, 2.75) is 32.5 Å². The molecule has 1 aromatic heterocycles. The van der Waals surface area contributed by atoms with E-state index in [0.717, 1.165) is 18.7 Å². The summed E-state index contributed by atoms with van der Waals surface area (Å²) in [6, 6.07) is 12.8. The van der Waals surface area contributed by atoms with Crippen molar-refractivity contribution in [1.82, 2.24) is 5.32 Å². The molecule has 0 aliphatic heterocycles. The molecule has 1 N–H and O–H groups in total. The number of hydrogen-bond acceptors (Lipinski definition) is 3. The lowest BCUT2D eigenvalue weighted by molar-refractivity contribution is 0.185. The van der Waals surface area contributed by atoms with Crippen LogP contribution in [0.15, 0.2) is 47.1 Å². The van der Waals surface area contributed by atoms with Gasteiger partial charge in [-0.3, -0.25) is 0 Å². The maximum atomic E-state index is 5.34. The van der Waals surface area contributed by atoms with E-state index in [1.807, 2.05) is 12.1 Å². The molecule has 0 amide bonds. The molecule has 1 heterocycles. The third-order valence-corrected chi connectivity index (χ3v) is 3.08. The Hall–Kier alpha value is -1.58. The minimum Gasteiger partial charge on any atom is -0.469 e. The van der Waals surface area contributed by atoms with Crippen molar-refractivity contribution in [1.29, 1.82) is 0 Å². The topological polar surface area (TPSA) is 34.4 Å². The van der Waals surface area contributed by atoms with Crippen LogP contribution in [0.3, 0.4) is 0 Å². The van der Waals surface area contributed by atoms with Gasteiger partial charge in [-0.25, -0.2) is 0 Å². The lowest BCUT2D eigenvalue weighted by atomic mass is 10.1. The predicted molar refractivity (Wildman–Crippen MR) is 75.9 cm³/mol. The van der Waals surface area contributed by atoms with Gasteiger partial charge >= 0.3 is 0 Å². The van der Waals surface area contributed by atoms with E-state index >= 15 is 0 Å². The number of rotatable bonds is 7. The first-order valence-electron chi connectivity index (χ1n) is 6.60. The summed E-state index contributed by atoms with van der Waals surface area (Å²) < 4.78 is 10.4. The first kappa shape index (κ1) is 13.8. The highest BCUT2D eigenvalue weighted by Gasteiger charge is 2.05. The summed E-state index contributed by atoms with van der Waals surface area (Å²) >= 11 is 0. The summed E-state index contributed by atoms with van der Waals surface area (Å²) in [5, 5.41) is 3.50. The molecule has 0 radical (unpaired) electrons. The van der Waals surface area contributed by atoms with Crippen LogP contribution in [0.4, 0.5) is 0 Å². The van der Waals surface area contributed by atoms with Gasteiger partial charge in [-0.05, 0) is 30.2 Å². The fraction of sp³-hybridized carbons (Fsp3) is 0.375. The highest BCUT2D eigenvalue weighted by Crippen LogP contribution is 2.07. The SMILES string of the molecule is COCc1ccc(CNC(C)Cc2ccco2)cc1. The van der Waals surface area contributed by atoms with Gasteiger partial charge in [0.05, 0.1) is 12.9 Å². The summed E-state index contributed by atoms with van der Waals surface area (Å²) in [7, 11) is 1.71. The second kappa shape index (κ2) is 7.12. The van der Waals surface area contributed by atoms with Gasteiger partial charge in [0.1, 0.15) is 5.76 Å². The fourth-order valence-electron chi connectivity index (χ4n) is 2.01. The van der Waals surface area contributed by atoms with Crippen LogP contribution in [-0.4, -0.2) is 13.2 Å². The number of benzene rings is 1.